The Morgan fingerprint density at radius 2 is 2.38 bits per heavy atom. The van der Waals surface area contributed by atoms with Crippen molar-refractivity contribution in [3.8, 4) is 0 Å². The second kappa shape index (κ2) is 6.89. The van der Waals surface area contributed by atoms with E-state index in [0.29, 0.717) is 17.6 Å². The first-order chi connectivity index (χ1) is 7.69. The molecule has 0 amide bonds. The Bertz CT molecular complexity index is 314. The first-order valence-corrected chi connectivity index (χ1v) is 6.04. The molecule has 0 fully saturated rings. The fourth-order valence-electron chi connectivity index (χ4n) is 1.61. The Balaban J connectivity index is 2.32. The van der Waals surface area contributed by atoms with Gasteiger partial charge in [-0.3, -0.25) is 0 Å². The van der Waals surface area contributed by atoms with E-state index in [1.807, 2.05) is 11.6 Å². The van der Waals surface area contributed by atoms with Crippen molar-refractivity contribution in [3.63, 3.8) is 0 Å². The SMILES string of the molecule is CCC(CCO)CNCc1ncc(Cl)n1C. The average molecular weight is 246 g/mol. The van der Waals surface area contributed by atoms with E-state index in [-0.39, 0.29) is 6.61 Å². The molecule has 2 N–H and O–H groups in total. The third-order valence-electron chi connectivity index (χ3n) is 2.86. The van der Waals surface area contributed by atoms with Crippen LogP contribution in [0, 0.1) is 5.92 Å². The van der Waals surface area contributed by atoms with Gasteiger partial charge in [-0.1, -0.05) is 24.9 Å². The van der Waals surface area contributed by atoms with Crippen LogP contribution in [0.15, 0.2) is 6.20 Å². The molecule has 1 aromatic heterocycles. The molecule has 0 spiro atoms. The lowest BCUT2D eigenvalue weighted by Crippen LogP contribution is -2.24. The van der Waals surface area contributed by atoms with Crippen molar-refractivity contribution in [2.75, 3.05) is 13.2 Å². The van der Waals surface area contributed by atoms with Crippen LogP contribution in [0.2, 0.25) is 5.15 Å². The van der Waals surface area contributed by atoms with Crippen molar-refractivity contribution in [1.82, 2.24) is 14.9 Å². The molecular weight excluding hydrogens is 226 g/mol. The summed E-state index contributed by atoms with van der Waals surface area (Å²) in [5.74, 6) is 1.46. The van der Waals surface area contributed by atoms with Gasteiger partial charge in [-0.25, -0.2) is 4.98 Å². The molecular formula is C11H20ClN3O. The third-order valence-corrected chi connectivity index (χ3v) is 3.21. The van der Waals surface area contributed by atoms with Crippen LogP contribution in [0.25, 0.3) is 0 Å². The summed E-state index contributed by atoms with van der Waals surface area (Å²) in [5, 5.41) is 12.9. The number of nitrogens with zero attached hydrogens (tertiary/aromatic N) is 2. The van der Waals surface area contributed by atoms with E-state index in [0.717, 1.165) is 25.2 Å². The minimum atomic E-state index is 0.258. The lowest BCUT2D eigenvalue weighted by molar-refractivity contribution is 0.251. The van der Waals surface area contributed by atoms with Gasteiger partial charge in [0.05, 0.1) is 12.7 Å². The smallest absolute Gasteiger partial charge is 0.128 e. The zero-order valence-electron chi connectivity index (χ0n) is 9.91. The molecule has 0 aliphatic heterocycles. The molecule has 5 heteroatoms. The van der Waals surface area contributed by atoms with Gasteiger partial charge in [-0.05, 0) is 18.9 Å². The van der Waals surface area contributed by atoms with Crippen molar-refractivity contribution >= 4 is 11.6 Å². The highest BCUT2D eigenvalue weighted by atomic mass is 35.5. The molecule has 16 heavy (non-hydrogen) atoms. The van der Waals surface area contributed by atoms with Gasteiger partial charge in [-0.2, -0.15) is 0 Å². The van der Waals surface area contributed by atoms with Crippen LogP contribution in [-0.2, 0) is 13.6 Å². The van der Waals surface area contributed by atoms with E-state index < -0.39 is 0 Å². The standard InChI is InChI=1S/C11H20ClN3O/c1-3-9(4-5-16)6-13-8-11-14-7-10(12)15(11)2/h7,9,13,16H,3-6,8H2,1-2H3. The fraction of sp³-hybridized carbons (Fsp3) is 0.727. The summed E-state index contributed by atoms with van der Waals surface area (Å²) in [7, 11) is 1.90. The van der Waals surface area contributed by atoms with E-state index in [1.165, 1.54) is 0 Å². The predicted molar refractivity (Wildman–Crippen MR) is 65.4 cm³/mol. The molecule has 0 aromatic carbocycles. The van der Waals surface area contributed by atoms with Crippen LogP contribution in [0.5, 0.6) is 0 Å². The number of rotatable bonds is 7. The number of nitrogens with one attached hydrogen (secondary N) is 1. The lowest BCUT2D eigenvalue weighted by atomic mass is 10.0. The molecule has 4 nitrogen and oxygen atoms in total. The molecule has 0 aliphatic carbocycles. The van der Waals surface area contributed by atoms with E-state index in [2.05, 4.69) is 17.2 Å². The van der Waals surface area contributed by atoms with Crippen molar-refractivity contribution < 1.29 is 5.11 Å². The molecule has 1 aromatic rings. The number of hydrogen-bond acceptors (Lipinski definition) is 3. The van der Waals surface area contributed by atoms with Gasteiger partial charge in [0.15, 0.2) is 0 Å². The summed E-state index contributed by atoms with van der Waals surface area (Å²) in [5.41, 5.74) is 0. The molecule has 0 aliphatic rings. The summed E-state index contributed by atoms with van der Waals surface area (Å²) in [6.45, 7) is 4.01. The second-order valence-corrected chi connectivity index (χ2v) is 4.36. The Kier molecular flexibility index (Phi) is 5.80. The van der Waals surface area contributed by atoms with Gasteiger partial charge >= 0.3 is 0 Å². The van der Waals surface area contributed by atoms with E-state index >= 15 is 0 Å². The molecule has 0 saturated carbocycles. The van der Waals surface area contributed by atoms with Crippen molar-refractivity contribution in [3.05, 3.63) is 17.2 Å². The van der Waals surface area contributed by atoms with Crippen LogP contribution in [0.3, 0.4) is 0 Å². The highest BCUT2D eigenvalue weighted by molar-refractivity contribution is 6.29. The van der Waals surface area contributed by atoms with Crippen LogP contribution in [0.1, 0.15) is 25.6 Å². The van der Waals surface area contributed by atoms with Crippen LogP contribution in [0.4, 0.5) is 0 Å². The molecule has 0 radical (unpaired) electrons. The molecule has 0 bridgehead atoms. The first kappa shape index (κ1) is 13.5. The maximum atomic E-state index is 8.87. The normalized spacial score (nSPS) is 13.0. The first-order valence-electron chi connectivity index (χ1n) is 5.66. The maximum Gasteiger partial charge on any atom is 0.128 e. The number of imidazole rings is 1. The summed E-state index contributed by atoms with van der Waals surface area (Å²) in [4.78, 5) is 4.20. The van der Waals surface area contributed by atoms with E-state index in [1.54, 1.807) is 6.20 Å². The van der Waals surface area contributed by atoms with Crippen LogP contribution >= 0.6 is 11.6 Å². The Morgan fingerprint density at radius 3 is 2.88 bits per heavy atom. The van der Waals surface area contributed by atoms with Crippen molar-refractivity contribution in [2.45, 2.75) is 26.3 Å². The van der Waals surface area contributed by atoms with Gasteiger partial charge in [0, 0.05) is 13.7 Å². The Morgan fingerprint density at radius 1 is 1.62 bits per heavy atom. The molecule has 1 heterocycles. The molecule has 0 saturated heterocycles. The van der Waals surface area contributed by atoms with Crippen molar-refractivity contribution in [1.29, 1.82) is 0 Å². The number of halogens is 1. The lowest BCUT2D eigenvalue weighted by Gasteiger charge is -2.14. The van der Waals surface area contributed by atoms with Crippen LogP contribution in [-0.4, -0.2) is 27.8 Å². The summed E-state index contributed by atoms with van der Waals surface area (Å²) >= 11 is 5.89. The highest BCUT2D eigenvalue weighted by Gasteiger charge is 2.07. The predicted octanol–water partition coefficient (Wildman–Crippen LogP) is 1.57. The van der Waals surface area contributed by atoms with Gasteiger partial charge in [0.1, 0.15) is 11.0 Å². The molecule has 1 rings (SSSR count). The number of aliphatic hydroxyl groups is 1. The Labute approximate surface area is 102 Å². The Hall–Kier alpha value is -0.580. The largest absolute Gasteiger partial charge is 0.396 e. The van der Waals surface area contributed by atoms with Gasteiger partial charge < -0.3 is 15.0 Å². The van der Waals surface area contributed by atoms with E-state index in [9.17, 15) is 0 Å². The minimum Gasteiger partial charge on any atom is -0.396 e. The quantitative estimate of drug-likeness (QED) is 0.767. The van der Waals surface area contributed by atoms with E-state index in [4.69, 9.17) is 16.7 Å². The highest BCUT2D eigenvalue weighted by Crippen LogP contribution is 2.09. The van der Waals surface area contributed by atoms with Crippen molar-refractivity contribution in [2.24, 2.45) is 13.0 Å². The van der Waals surface area contributed by atoms with Gasteiger partial charge in [0.2, 0.25) is 0 Å². The average Bonchev–Trinajstić information content (AvgIpc) is 2.59. The number of hydrogen-bond donors (Lipinski definition) is 2. The van der Waals surface area contributed by atoms with Crippen LogP contribution < -0.4 is 5.32 Å². The topological polar surface area (TPSA) is 50.1 Å². The molecule has 1 unspecified atom stereocenters. The zero-order valence-corrected chi connectivity index (χ0v) is 10.7. The minimum absolute atomic E-state index is 0.258. The summed E-state index contributed by atoms with van der Waals surface area (Å²) < 4.78 is 1.86. The molecule has 1 atom stereocenters. The zero-order chi connectivity index (χ0) is 12.0. The van der Waals surface area contributed by atoms with Gasteiger partial charge in [-0.15, -0.1) is 0 Å². The van der Waals surface area contributed by atoms with Gasteiger partial charge in [0.25, 0.3) is 0 Å². The summed E-state index contributed by atoms with van der Waals surface area (Å²) in [6.07, 6.45) is 3.59. The monoisotopic (exact) mass is 245 g/mol. The second-order valence-electron chi connectivity index (χ2n) is 3.97. The number of aromatic nitrogens is 2. The maximum absolute atomic E-state index is 8.87. The fourth-order valence-corrected chi connectivity index (χ4v) is 1.76. The number of aliphatic hydroxyl groups excluding tert-OH is 1. The molecule has 92 valence electrons. The summed E-state index contributed by atoms with van der Waals surface area (Å²) in [6, 6.07) is 0. The third kappa shape index (κ3) is 3.77.